The number of para-hydroxylation sites is 2. The summed E-state index contributed by atoms with van der Waals surface area (Å²) in [6, 6.07) is 6.49. The molecule has 0 atom stereocenters. The number of aromatic hydroxyl groups is 1. The molecule has 0 saturated heterocycles. The Morgan fingerprint density at radius 2 is 2.18 bits per heavy atom. The SMILES string of the molecule is O=[N+]([O-])c1sc(Nc2ccccc2O)nc1Cl. The van der Waals surface area contributed by atoms with Crippen LogP contribution in [-0.2, 0) is 0 Å². The molecule has 0 radical (unpaired) electrons. The largest absolute Gasteiger partial charge is 0.506 e. The maximum Gasteiger partial charge on any atom is 0.364 e. The van der Waals surface area contributed by atoms with Crippen molar-refractivity contribution in [1.29, 1.82) is 0 Å². The molecule has 1 aromatic carbocycles. The highest BCUT2D eigenvalue weighted by atomic mass is 35.5. The maximum atomic E-state index is 10.6. The summed E-state index contributed by atoms with van der Waals surface area (Å²) in [5, 5.41) is 22.7. The van der Waals surface area contributed by atoms with Crippen LogP contribution in [0.25, 0.3) is 0 Å². The third-order valence-corrected chi connectivity index (χ3v) is 3.18. The van der Waals surface area contributed by atoms with Gasteiger partial charge in [0.1, 0.15) is 5.75 Å². The number of nitrogens with one attached hydrogen (secondary N) is 1. The zero-order chi connectivity index (χ0) is 12.4. The first kappa shape index (κ1) is 11.6. The van der Waals surface area contributed by atoms with Gasteiger partial charge in [0, 0.05) is 0 Å². The Hall–Kier alpha value is -1.86. The van der Waals surface area contributed by atoms with Gasteiger partial charge < -0.3 is 10.4 Å². The van der Waals surface area contributed by atoms with E-state index in [1.807, 2.05) is 0 Å². The van der Waals surface area contributed by atoms with Gasteiger partial charge in [-0.3, -0.25) is 10.1 Å². The number of halogens is 1. The Morgan fingerprint density at radius 3 is 2.76 bits per heavy atom. The fourth-order valence-electron chi connectivity index (χ4n) is 1.15. The fourth-order valence-corrected chi connectivity index (χ4v) is 2.16. The molecule has 0 amide bonds. The molecule has 0 unspecified atom stereocenters. The fraction of sp³-hybridized carbons (Fsp3) is 0. The molecule has 2 rings (SSSR count). The second kappa shape index (κ2) is 4.56. The Morgan fingerprint density at radius 1 is 1.47 bits per heavy atom. The maximum absolute atomic E-state index is 10.6. The van der Waals surface area contributed by atoms with Gasteiger partial charge in [0.2, 0.25) is 5.15 Å². The number of hydrogen-bond donors (Lipinski definition) is 2. The third-order valence-electron chi connectivity index (χ3n) is 1.88. The average molecular weight is 272 g/mol. The van der Waals surface area contributed by atoms with E-state index in [0.717, 1.165) is 11.3 Å². The topological polar surface area (TPSA) is 88.3 Å². The van der Waals surface area contributed by atoms with E-state index in [-0.39, 0.29) is 21.0 Å². The summed E-state index contributed by atoms with van der Waals surface area (Å²) in [7, 11) is 0. The van der Waals surface area contributed by atoms with Crippen molar-refractivity contribution in [3.8, 4) is 5.75 Å². The Balaban J connectivity index is 2.28. The quantitative estimate of drug-likeness (QED) is 0.508. The van der Waals surface area contributed by atoms with E-state index in [9.17, 15) is 15.2 Å². The lowest BCUT2D eigenvalue weighted by Gasteiger charge is -2.03. The summed E-state index contributed by atoms with van der Waals surface area (Å²) in [5.74, 6) is 0.0291. The van der Waals surface area contributed by atoms with Gasteiger partial charge in [0.05, 0.1) is 10.6 Å². The first-order valence-electron chi connectivity index (χ1n) is 4.43. The van der Waals surface area contributed by atoms with E-state index < -0.39 is 4.92 Å². The molecule has 2 N–H and O–H groups in total. The molecule has 1 aromatic heterocycles. The predicted octanol–water partition coefficient (Wildman–Crippen LogP) is 3.15. The van der Waals surface area contributed by atoms with E-state index in [0.29, 0.717) is 5.69 Å². The lowest BCUT2D eigenvalue weighted by molar-refractivity contribution is -0.380. The van der Waals surface area contributed by atoms with Crippen LogP contribution >= 0.6 is 22.9 Å². The van der Waals surface area contributed by atoms with Crippen molar-refractivity contribution in [2.24, 2.45) is 0 Å². The van der Waals surface area contributed by atoms with E-state index >= 15 is 0 Å². The number of anilines is 2. The van der Waals surface area contributed by atoms with Crippen molar-refractivity contribution < 1.29 is 10.0 Å². The van der Waals surface area contributed by atoms with Gasteiger partial charge in [-0.1, -0.05) is 23.7 Å². The lowest BCUT2D eigenvalue weighted by Crippen LogP contribution is -1.88. The molecule has 88 valence electrons. The van der Waals surface area contributed by atoms with Crippen LogP contribution in [0.1, 0.15) is 0 Å². The molecule has 17 heavy (non-hydrogen) atoms. The van der Waals surface area contributed by atoms with Gasteiger partial charge in [0.25, 0.3) is 0 Å². The first-order valence-corrected chi connectivity index (χ1v) is 5.63. The monoisotopic (exact) mass is 271 g/mol. The number of phenols is 1. The second-order valence-electron chi connectivity index (χ2n) is 3.01. The van der Waals surface area contributed by atoms with Gasteiger partial charge in [-0.15, -0.1) is 0 Å². The standard InChI is InChI=1S/C9H6ClN3O3S/c10-7-8(13(15)16)17-9(12-7)11-5-3-1-2-4-6(5)14/h1-4,14H,(H,11,12). The summed E-state index contributed by atoms with van der Waals surface area (Å²) >= 11 is 6.41. The van der Waals surface area contributed by atoms with Crippen LogP contribution in [0.4, 0.5) is 15.8 Å². The van der Waals surface area contributed by atoms with Gasteiger partial charge >= 0.3 is 5.00 Å². The summed E-state index contributed by atoms with van der Waals surface area (Å²) in [5.41, 5.74) is 0.410. The summed E-state index contributed by atoms with van der Waals surface area (Å²) < 4.78 is 0. The van der Waals surface area contributed by atoms with Crippen LogP contribution in [-0.4, -0.2) is 15.0 Å². The molecule has 0 spiro atoms. The highest BCUT2D eigenvalue weighted by molar-refractivity contribution is 7.19. The molecule has 0 aliphatic heterocycles. The van der Waals surface area contributed by atoms with Gasteiger partial charge in [-0.2, -0.15) is 0 Å². The molecule has 0 bridgehead atoms. The van der Waals surface area contributed by atoms with Crippen LogP contribution in [0.3, 0.4) is 0 Å². The smallest absolute Gasteiger partial charge is 0.364 e. The molecule has 8 heteroatoms. The molecule has 0 aliphatic carbocycles. The highest BCUT2D eigenvalue weighted by Gasteiger charge is 2.19. The Labute approximate surface area is 105 Å². The van der Waals surface area contributed by atoms with E-state index in [1.54, 1.807) is 18.2 Å². The van der Waals surface area contributed by atoms with Crippen molar-refractivity contribution >= 4 is 38.8 Å². The van der Waals surface area contributed by atoms with Crippen molar-refractivity contribution in [1.82, 2.24) is 4.98 Å². The number of phenolic OH excluding ortho intramolecular Hbond substituents is 1. The molecule has 0 fully saturated rings. The van der Waals surface area contributed by atoms with Crippen LogP contribution in [0.5, 0.6) is 5.75 Å². The van der Waals surface area contributed by atoms with Crippen LogP contribution in [0.15, 0.2) is 24.3 Å². The van der Waals surface area contributed by atoms with Crippen molar-refractivity contribution in [3.05, 3.63) is 39.5 Å². The van der Waals surface area contributed by atoms with Gasteiger partial charge in [-0.25, -0.2) is 4.98 Å². The molecular weight excluding hydrogens is 266 g/mol. The summed E-state index contributed by atoms with van der Waals surface area (Å²) in [4.78, 5) is 13.8. The first-order chi connectivity index (χ1) is 8.08. The van der Waals surface area contributed by atoms with Crippen LogP contribution in [0, 0.1) is 10.1 Å². The second-order valence-corrected chi connectivity index (χ2v) is 4.35. The zero-order valence-corrected chi connectivity index (χ0v) is 9.83. The van der Waals surface area contributed by atoms with Crippen molar-refractivity contribution in [3.63, 3.8) is 0 Å². The number of thiazole rings is 1. The van der Waals surface area contributed by atoms with E-state index in [4.69, 9.17) is 11.6 Å². The van der Waals surface area contributed by atoms with Crippen LogP contribution in [0.2, 0.25) is 5.15 Å². The number of hydrogen-bond acceptors (Lipinski definition) is 6. The minimum atomic E-state index is -0.601. The summed E-state index contributed by atoms with van der Waals surface area (Å²) in [6.45, 7) is 0. The number of rotatable bonds is 3. The number of benzene rings is 1. The van der Waals surface area contributed by atoms with Crippen molar-refractivity contribution in [2.75, 3.05) is 5.32 Å². The number of nitrogens with zero attached hydrogens (tertiary/aromatic N) is 2. The minimum Gasteiger partial charge on any atom is -0.506 e. The third kappa shape index (κ3) is 2.45. The average Bonchev–Trinajstić information content (AvgIpc) is 2.63. The molecule has 0 aliphatic rings. The number of aromatic nitrogens is 1. The van der Waals surface area contributed by atoms with Gasteiger partial charge in [0.15, 0.2) is 5.13 Å². The number of nitro groups is 1. The Bertz CT molecular complexity index is 572. The van der Waals surface area contributed by atoms with Crippen LogP contribution < -0.4 is 5.32 Å². The molecule has 6 nitrogen and oxygen atoms in total. The molecular formula is C9H6ClN3O3S. The highest BCUT2D eigenvalue weighted by Crippen LogP contribution is 2.36. The van der Waals surface area contributed by atoms with Gasteiger partial charge in [-0.05, 0) is 23.5 Å². The predicted molar refractivity (Wildman–Crippen MR) is 65.2 cm³/mol. The zero-order valence-electron chi connectivity index (χ0n) is 8.25. The molecule has 2 aromatic rings. The molecule has 0 saturated carbocycles. The Kier molecular flexibility index (Phi) is 3.12. The van der Waals surface area contributed by atoms with Crippen molar-refractivity contribution in [2.45, 2.75) is 0 Å². The van der Waals surface area contributed by atoms with E-state index in [1.165, 1.54) is 6.07 Å². The van der Waals surface area contributed by atoms with E-state index in [2.05, 4.69) is 10.3 Å². The normalized spacial score (nSPS) is 10.2. The molecule has 1 heterocycles. The lowest BCUT2D eigenvalue weighted by atomic mass is 10.3. The summed E-state index contributed by atoms with van der Waals surface area (Å²) in [6.07, 6.45) is 0. The minimum absolute atomic E-state index is 0.0291.